The van der Waals surface area contributed by atoms with Crippen LogP contribution in [-0.2, 0) is 29.5 Å². The molecule has 7 heteroatoms. The minimum absolute atomic E-state index is 0.372. The normalized spacial score (nSPS) is 12.3. The molecule has 28 heavy (non-hydrogen) atoms. The van der Waals surface area contributed by atoms with Crippen molar-refractivity contribution >= 4 is 15.8 Å². The van der Waals surface area contributed by atoms with Gasteiger partial charge in [-0.25, -0.2) is 8.42 Å². The van der Waals surface area contributed by atoms with Gasteiger partial charge in [-0.3, -0.25) is 4.99 Å². The van der Waals surface area contributed by atoms with E-state index in [0.717, 1.165) is 17.7 Å². The summed E-state index contributed by atoms with van der Waals surface area (Å²) >= 11 is 0. The van der Waals surface area contributed by atoms with Crippen molar-refractivity contribution < 1.29 is 8.42 Å². The Hall–Kier alpha value is -2.38. The molecule has 0 radical (unpaired) electrons. The number of nitrogens with zero attached hydrogens (tertiary/aromatic N) is 2. The Balaban J connectivity index is 1.90. The summed E-state index contributed by atoms with van der Waals surface area (Å²) in [5.41, 5.74) is 4.21. The van der Waals surface area contributed by atoms with Crippen molar-refractivity contribution in [2.24, 2.45) is 4.99 Å². The first kappa shape index (κ1) is 21.9. The quantitative estimate of drug-likeness (QED) is 0.549. The smallest absolute Gasteiger partial charge is 0.191 e. The van der Waals surface area contributed by atoms with Gasteiger partial charge >= 0.3 is 0 Å². The van der Waals surface area contributed by atoms with Crippen LogP contribution in [0.3, 0.4) is 0 Å². The average Bonchev–Trinajstić information content (AvgIpc) is 2.61. The largest absolute Gasteiger partial charge is 0.352 e. The minimum Gasteiger partial charge on any atom is -0.352 e. The van der Waals surface area contributed by atoms with Gasteiger partial charge in [-0.1, -0.05) is 36.4 Å². The molecule has 0 aliphatic carbocycles. The number of aryl methyl sites for hydroxylation is 1. The van der Waals surface area contributed by atoms with Gasteiger partial charge in [-0.15, -0.1) is 0 Å². The molecule has 0 aliphatic heterocycles. The first-order valence-corrected chi connectivity index (χ1v) is 11.0. The standard InChI is InChI=1S/C21H30N4O2S/c1-16-12-19(10-11-20(16)28(5,26)27)14-24-21(22-2)23-13-17-6-8-18(9-7-17)15-25(3)4/h6-12H,13-15H2,1-5H3,(H2,22,23,24). The Labute approximate surface area is 168 Å². The molecule has 0 saturated carbocycles. The molecule has 0 aliphatic rings. The zero-order chi connectivity index (χ0) is 20.7. The molecule has 0 unspecified atom stereocenters. The number of aliphatic imine (C=N–C) groups is 1. The molecule has 2 aromatic rings. The van der Waals surface area contributed by atoms with Crippen LogP contribution < -0.4 is 10.6 Å². The molecule has 0 saturated heterocycles. The molecule has 0 bridgehead atoms. The highest BCUT2D eigenvalue weighted by molar-refractivity contribution is 7.90. The maximum absolute atomic E-state index is 11.7. The van der Waals surface area contributed by atoms with Crippen LogP contribution in [0, 0.1) is 6.92 Å². The van der Waals surface area contributed by atoms with Crippen LogP contribution >= 0.6 is 0 Å². The first-order chi connectivity index (χ1) is 13.2. The van der Waals surface area contributed by atoms with Crippen molar-refractivity contribution in [2.45, 2.75) is 31.5 Å². The molecule has 6 nitrogen and oxygen atoms in total. The van der Waals surface area contributed by atoms with Crippen LogP contribution in [0.4, 0.5) is 0 Å². The predicted molar refractivity (Wildman–Crippen MR) is 115 cm³/mol. The first-order valence-electron chi connectivity index (χ1n) is 9.15. The van der Waals surface area contributed by atoms with E-state index in [1.165, 1.54) is 17.4 Å². The van der Waals surface area contributed by atoms with Gasteiger partial charge in [0.1, 0.15) is 0 Å². The van der Waals surface area contributed by atoms with Crippen LogP contribution in [-0.4, -0.2) is 46.7 Å². The molecule has 0 spiro atoms. The number of nitrogens with one attached hydrogen (secondary N) is 2. The third kappa shape index (κ3) is 6.65. The van der Waals surface area contributed by atoms with E-state index in [9.17, 15) is 8.42 Å². The third-order valence-corrected chi connectivity index (χ3v) is 5.56. The fraction of sp³-hybridized carbons (Fsp3) is 0.381. The average molecular weight is 403 g/mol. The number of guanidine groups is 1. The van der Waals surface area contributed by atoms with Gasteiger partial charge in [-0.05, 0) is 49.3 Å². The van der Waals surface area contributed by atoms with Crippen LogP contribution in [0.1, 0.15) is 22.3 Å². The number of rotatable bonds is 7. The van der Waals surface area contributed by atoms with Crippen molar-refractivity contribution in [3.8, 4) is 0 Å². The van der Waals surface area contributed by atoms with Gasteiger partial charge in [-0.2, -0.15) is 0 Å². The molecule has 0 amide bonds. The Kier molecular flexibility index (Phi) is 7.60. The van der Waals surface area contributed by atoms with Gasteiger partial charge in [0.25, 0.3) is 0 Å². The highest BCUT2D eigenvalue weighted by Gasteiger charge is 2.11. The maximum atomic E-state index is 11.7. The number of hydrogen-bond acceptors (Lipinski definition) is 4. The molecule has 2 aromatic carbocycles. The van der Waals surface area contributed by atoms with Gasteiger partial charge in [0, 0.05) is 32.9 Å². The lowest BCUT2D eigenvalue weighted by Crippen LogP contribution is -2.36. The lowest BCUT2D eigenvalue weighted by molar-refractivity contribution is 0.402. The molecular formula is C21H30N4O2S. The highest BCUT2D eigenvalue weighted by atomic mass is 32.2. The van der Waals surface area contributed by atoms with E-state index in [2.05, 4.69) is 58.9 Å². The van der Waals surface area contributed by atoms with E-state index in [0.29, 0.717) is 23.9 Å². The summed E-state index contributed by atoms with van der Waals surface area (Å²) in [7, 11) is 2.65. The van der Waals surface area contributed by atoms with E-state index in [1.807, 2.05) is 19.1 Å². The van der Waals surface area contributed by atoms with Crippen molar-refractivity contribution in [2.75, 3.05) is 27.4 Å². The number of benzene rings is 2. The van der Waals surface area contributed by atoms with E-state index >= 15 is 0 Å². The lowest BCUT2D eigenvalue weighted by atomic mass is 10.1. The molecule has 0 fully saturated rings. The summed E-state index contributed by atoms with van der Waals surface area (Å²) in [5.74, 6) is 0.696. The minimum atomic E-state index is -3.19. The SMILES string of the molecule is CN=C(NCc1ccc(CN(C)C)cc1)NCc1ccc(S(C)(=O)=O)c(C)c1. The molecular weight excluding hydrogens is 372 g/mol. The second-order valence-corrected chi connectivity index (χ2v) is 9.19. The summed E-state index contributed by atoms with van der Waals surface area (Å²) in [4.78, 5) is 6.76. The summed E-state index contributed by atoms with van der Waals surface area (Å²) in [5, 5.41) is 6.56. The van der Waals surface area contributed by atoms with Crippen LogP contribution in [0.5, 0.6) is 0 Å². The van der Waals surface area contributed by atoms with E-state index in [-0.39, 0.29) is 0 Å². The monoisotopic (exact) mass is 402 g/mol. The zero-order valence-electron chi connectivity index (χ0n) is 17.3. The van der Waals surface area contributed by atoms with Gasteiger partial charge in [0.2, 0.25) is 0 Å². The topological polar surface area (TPSA) is 73.8 Å². The Morgan fingerprint density at radius 1 is 0.964 bits per heavy atom. The predicted octanol–water partition coefficient (Wildman–Crippen LogP) is 2.33. The second-order valence-electron chi connectivity index (χ2n) is 7.21. The van der Waals surface area contributed by atoms with E-state index in [1.54, 1.807) is 13.1 Å². The van der Waals surface area contributed by atoms with Gasteiger partial charge in [0.05, 0.1) is 4.90 Å². The van der Waals surface area contributed by atoms with Gasteiger partial charge < -0.3 is 15.5 Å². The van der Waals surface area contributed by atoms with Crippen LogP contribution in [0.2, 0.25) is 0 Å². The molecule has 2 N–H and O–H groups in total. The highest BCUT2D eigenvalue weighted by Crippen LogP contribution is 2.16. The fourth-order valence-corrected chi connectivity index (χ4v) is 3.92. The molecule has 152 valence electrons. The summed E-state index contributed by atoms with van der Waals surface area (Å²) in [6, 6.07) is 13.9. The van der Waals surface area contributed by atoms with E-state index in [4.69, 9.17) is 0 Å². The fourth-order valence-electron chi connectivity index (χ4n) is 2.96. The van der Waals surface area contributed by atoms with Crippen molar-refractivity contribution in [3.05, 3.63) is 64.7 Å². The number of sulfone groups is 1. The van der Waals surface area contributed by atoms with Crippen LogP contribution in [0.25, 0.3) is 0 Å². The second kappa shape index (κ2) is 9.71. The Morgan fingerprint density at radius 2 is 1.50 bits per heavy atom. The van der Waals surface area contributed by atoms with Gasteiger partial charge in [0.15, 0.2) is 15.8 Å². The summed E-state index contributed by atoms with van der Waals surface area (Å²) in [6.45, 7) is 3.97. The molecule has 2 rings (SSSR count). The summed E-state index contributed by atoms with van der Waals surface area (Å²) < 4.78 is 23.4. The number of hydrogen-bond donors (Lipinski definition) is 2. The third-order valence-electron chi connectivity index (χ3n) is 4.30. The zero-order valence-corrected chi connectivity index (χ0v) is 18.1. The maximum Gasteiger partial charge on any atom is 0.191 e. The van der Waals surface area contributed by atoms with Crippen molar-refractivity contribution in [1.82, 2.24) is 15.5 Å². The Morgan fingerprint density at radius 3 is 2.00 bits per heavy atom. The van der Waals surface area contributed by atoms with Crippen LogP contribution in [0.15, 0.2) is 52.4 Å². The molecule has 0 aromatic heterocycles. The molecule has 0 heterocycles. The van der Waals surface area contributed by atoms with Crippen molar-refractivity contribution in [3.63, 3.8) is 0 Å². The van der Waals surface area contributed by atoms with Crippen molar-refractivity contribution in [1.29, 1.82) is 0 Å². The van der Waals surface area contributed by atoms with E-state index < -0.39 is 9.84 Å². The summed E-state index contributed by atoms with van der Waals surface area (Å²) in [6.07, 6.45) is 1.23. The lowest BCUT2D eigenvalue weighted by Gasteiger charge is -2.14. The molecule has 0 atom stereocenters. The Bertz CT molecular complexity index is 920.